The van der Waals surface area contributed by atoms with Gasteiger partial charge in [-0.3, -0.25) is 9.59 Å². The summed E-state index contributed by atoms with van der Waals surface area (Å²) < 4.78 is 10.6. The zero-order valence-corrected chi connectivity index (χ0v) is 13.2. The number of carbonyl (C=O) groups excluding carboxylic acids is 1. The van der Waals surface area contributed by atoms with Crippen molar-refractivity contribution in [1.82, 2.24) is 0 Å². The number of hydrogen-bond donors (Lipinski definition) is 1. The van der Waals surface area contributed by atoms with E-state index in [4.69, 9.17) is 14.6 Å². The molecule has 5 heteroatoms. The first-order chi connectivity index (χ1) is 10.0. The molecule has 0 aliphatic heterocycles. The fourth-order valence-electron chi connectivity index (χ4n) is 2.59. The Hall–Kier alpha value is -1.10. The van der Waals surface area contributed by atoms with Gasteiger partial charge in [-0.2, -0.15) is 0 Å². The fraction of sp³-hybridized carbons (Fsp3) is 0.875. The molecule has 0 heterocycles. The Balaban J connectivity index is 2.03. The van der Waals surface area contributed by atoms with E-state index in [1.807, 2.05) is 0 Å². The summed E-state index contributed by atoms with van der Waals surface area (Å²) in [7, 11) is 0. The van der Waals surface area contributed by atoms with Gasteiger partial charge in [0.2, 0.25) is 0 Å². The van der Waals surface area contributed by atoms with Gasteiger partial charge in [-0.15, -0.1) is 0 Å². The third kappa shape index (κ3) is 7.46. The Morgan fingerprint density at radius 1 is 1.05 bits per heavy atom. The molecular weight excluding hydrogens is 272 g/mol. The maximum absolute atomic E-state index is 11.8. The molecule has 0 spiro atoms. The SMILES string of the molecule is CC(C)CCCOCCOC(=O)C1CCC(C(=O)O)CC1. The van der Waals surface area contributed by atoms with Gasteiger partial charge in [0.15, 0.2) is 0 Å². The summed E-state index contributed by atoms with van der Waals surface area (Å²) >= 11 is 0. The van der Waals surface area contributed by atoms with Gasteiger partial charge in [0.25, 0.3) is 0 Å². The first-order valence-corrected chi connectivity index (χ1v) is 7.98. The number of rotatable bonds is 9. The highest BCUT2D eigenvalue weighted by Gasteiger charge is 2.30. The average molecular weight is 300 g/mol. The van der Waals surface area contributed by atoms with Crippen LogP contribution in [-0.4, -0.2) is 36.9 Å². The number of carboxylic acids is 1. The van der Waals surface area contributed by atoms with Gasteiger partial charge < -0.3 is 14.6 Å². The van der Waals surface area contributed by atoms with Crippen molar-refractivity contribution in [3.63, 3.8) is 0 Å². The van der Waals surface area contributed by atoms with Crippen molar-refractivity contribution in [3.05, 3.63) is 0 Å². The van der Waals surface area contributed by atoms with Crippen molar-refractivity contribution in [2.75, 3.05) is 19.8 Å². The summed E-state index contributed by atoms with van der Waals surface area (Å²) in [5.74, 6) is -0.700. The fourth-order valence-corrected chi connectivity index (χ4v) is 2.59. The van der Waals surface area contributed by atoms with Crippen LogP contribution in [-0.2, 0) is 19.1 Å². The maximum Gasteiger partial charge on any atom is 0.309 e. The van der Waals surface area contributed by atoms with E-state index in [0.29, 0.717) is 51.4 Å². The smallest absolute Gasteiger partial charge is 0.309 e. The number of carboxylic acid groups (broad SMARTS) is 1. The van der Waals surface area contributed by atoms with Crippen LogP contribution in [0.4, 0.5) is 0 Å². The Morgan fingerprint density at radius 3 is 2.24 bits per heavy atom. The molecule has 1 aliphatic rings. The van der Waals surface area contributed by atoms with Crippen LogP contribution < -0.4 is 0 Å². The number of aliphatic carboxylic acids is 1. The molecule has 1 N–H and O–H groups in total. The predicted octanol–water partition coefficient (Wildman–Crippen LogP) is 2.87. The van der Waals surface area contributed by atoms with Crippen LogP contribution in [0, 0.1) is 17.8 Å². The molecule has 0 saturated heterocycles. The number of carbonyl (C=O) groups is 2. The number of esters is 1. The molecule has 1 fully saturated rings. The van der Waals surface area contributed by atoms with Gasteiger partial charge in [-0.05, 0) is 44.4 Å². The Morgan fingerprint density at radius 2 is 1.67 bits per heavy atom. The molecule has 1 aliphatic carbocycles. The highest BCUT2D eigenvalue weighted by Crippen LogP contribution is 2.29. The largest absolute Gasteiger partial charge is 0.481 e. The van der Waals surface area contributed by atoms with Gasteiger partial charge in [0, 0.05) is 6.61 Å². The number of ether oxygens (including phenoxy) is 2. The van der Waals surface area contributed by atoms with E-state index >= 15 is 0 Å². The molecule has 5 nitrogen and oxygen atoms in total. The quantitative estimate of drug-likeness (QED) is 0.523. The van der Waals surface area contributed by atoms with E-state index < -0.39 is 5.97 Å². The summed E-state index contributed by atoms with van der Waals surface area (Å²) in [4.78, 5) is 22.7. The molecule has 122 valence electrons. The monoisotopic (exact) mass is 300 g/mol. The van der Waals surface area contributed by atoms with E-state index in [1.54, 1.807) is 0 Å². The molecule has 21 heavy (non-hydrogen) atoms. The molecule has 0 unspecified atom stereocenters. The van der Waals surface area contributed by atoms with Crippen molar-refractivity contribution < 1.29 is 24.2 Å². The summed E-state index contributed by atoms with van der Waals surface area (Å²) in [5.41, 5.74) is 0. The first-order valence-electron chi connectivity index (χ1n) is 7.98. The van der Waals surface area contributed by atoms with E-state index in [-0.39, 0.29) is 17.8 Å². The van der Waals surface area contributed by atoms with Gasteiger partial charge in [0.05, 0.1) is 18.4 Å². The van der Waals surface area contributed by atoms with Crippen LogP contribution in [0.2, 0.25) is 0 Å². The van der Waals surface area contributed by atoms with Crippen LogP contribution in [0.25, 0.3) is 0 Å². The van der Waals surface area contributed by atoms with Crippen LogP contribution in [0.1, 0.15) is 52.4 Å². The molecule has 0 atom stereocenters. The minimum atomic E-state index is -0.753. The lowest BCUT2D eigenvalue weighted by Crippen LogP contribution is -2.27. The second-order valence-corrected chi connectivity index (χ2v) is 6.20. The van der Waals surface area contributed by atoms with Crippen molar-refractivity contribution in [2.45, 2.75) is 52.4 Å². The van der Waals surface area contributed by atoms with Gasteiger partial charge in [-0.25, -0.2) is 0 Å². The van der Waals surface area contributed by atoms with Gasteiger partial charge in [0.1, 0.15) is 6.61 Å². The lowest BCUT2D eigenvalue weighted by atomic mass is 9.82. The average Bonchev–Trinajstić information content (AvgIpc) is 2.45. The zero-order chi connectivity index (χ0) is 15.7. The predicted molar refractivity (Wildman–Crippen MR) is 78.9 cm³/mol. The maximum atomic E-state index is 11.8. The molecule has 1 saturated carbocycles. The minimum Gasteiger partial charge on any atom is -0.481 e. The van der Waals surface area contributed by atoms with Gasteiger partial charge in [-0.1, -0.05) is 13.8 Å². The highest BCUT2D eigenvalue weighted by molar-refractivity contribution is 5.74. The van der Waals surface area contributed by atoms with E-state index in [0.717, 1.165) is 12.8 Å². The minimum absolute atomic E-state index is 0.137. The topological polar surface area (TPSA) is 72.8 Å². The van der Waals surface area contributed by atoms with Crippen LogP contribution in [0.3, 0.4) is 0 Å². The van der Waals surface area contributed by atoms with Crippen LogP contribution >= 0.6 is 0 Å². The standard InChI is InChI=1S/C16H28O5/c1-12(2)4-3-9-20-10-11-21-16(19)14-7-5-13(6-8-14)15(17)18/h12-14H,3-11H2,1-2H3,(H,17,18). The van der Waals surface area contributed by atoms with Crippen LogP contribution in [0.5, 0.6) is 0 Å². The third-order valence-corrected chi connectivity index (χ3v) is 3.95. The summed E-state index contributed by atoms with van der Waals surface area (Å²) in [6.07, 6.45) is 4.55. The van der Waals surface area contributed by atoms with Crippen LogP contribution in [0.15, 0.2) is 0 Å². The Bertz CT molecular complexity index is 319. The normalized spacial score (nSPS) is 22.2. The number of hydrogen-bond acceptors (Lipinski definition) is 4. The molecule has 0 bridgehead atoms. The molecule has 0 aromatic rings. The zero-order valence-electron chi connectivity index (χ0n) is 13.2. The van der Waals surface area contributed by atoms with Crippen molar-refractivity contribution in [1.29, 1.82) is 0 Å². The molecule has 1 rings (SSSR count). The highest BCUT2D eigenvalue weighted by atomic mass is 16.6. The molecule has 0 radical (unpaired) electrons. The lowest BCUT2D eigenvalue weighted by Gasteiger charge is -2.24. The second kappa shape index (κ2) is 9.77. The summed E-state index contributed by atoms with van der Waals surface area (Å²) in [6.45, 7) is 5.80. The molecule has 0 aromatic heterocycles. The first kappa shape index (κ1) is 18.0. The van der Waals surface area contributed by atoms with Crippen molar-refractivity contribution in [2.24, 2.45) is 17.8 Å². The lowest BCUT2D eigenvalue weighted by molar-refractivity contribution is -0.153. The van der Waals surface area contributed by atoms with Crippen molar-refractivity contribution >= 4 is 11.9 Å². The summed E-state index contributed by atoms with van der Waals surface area (Å²) in [5, 5.41) is 8.91. The second-order valence-electron chi connectivity index (χ2n) is 6.20. The third-order valence-electron chi connectivity index (χ3n) is 3.95. The van der Waals surface area contributed by atoms with Crippen molar-refractivity contribution in [3.8, 4) is 0 Å². The van der Waals surface area contributed by atoms with E-state index in [1.165, 1.54) is 0 Å². The molecule has 0 amide bonds. The Labute approximate surface area is 127 Å². The van der Waals surface area contributed by atoms with E-state index in [9.17, 15) is 9.59 Å². The van der Waals surface area contributed by atoms with Gasteiger partial charge >= 0.3 is 11.9 Å². The summed E-state index contributed by atoms with van der Waals surface area (Å²) in [6, 6.07) is 0. The molecular formula is C16H28O5. The molecule has 0 aromatic carbocycles. The van der Waals surface area contributed by atoms with E-state index in [2.05, 4.69) is 13.8 Å². The Kier molecular flexibility index (Phi) is 8.35.